The summed E-state index contributed by atoms with van der Waals surface area (Å²) < 4.78 is 45.8. The van der Waals surface area contributed by atoms with Gasteiger partial charge in [0.15, 0.2) is 0 Å². The number of ketones is 1. The molecule has 0 radical (unpaired) electrons. The molecular weight excluding hydrogens is 429 g/mol. The van der Waals surface area contributed by atoms with E-state index < -0.39 is 23.6 Å². The molecule has 1 aliphatic rings. The maximum absolute atomic E-state index is 13.4. The Hall–Kier alpha value is -2.82. The van der Waals surface area contributed by atoms with E-state index in [0.29, 0.717) is 23.7 Å². The van der Waals surface area contributed by atoms with Crippen LogP contribution in [-0.2, 0) is 10.9 Å². The van der Waals surface area contributed by atoms with Gasteiger partial charge in [-0.25, -0.2) is 0 Å². The van der Waals surface area contributed by atoms with Crippen molar-refractivity contribution >= 4 is 17.4 Å². The molecule has 0 aliphatic carbocycles. The number of halogens is 4. The number of hydrogen-bond acceptors (Lipinski definition) is 4. The number of benzene rings is 2. The molecule has 1 saturated heterocycles. The summed E-state index contributed by atoms with van der Waals surface area (Å²) in [6.45, 7) is 6.47. The summed E-state index contributed by atoms with van der Waals surface area (Å²) in [5, 5.41) is 12.9. The topological polar surface area (TPSA) is 62.1 Å². The van der Waals surface area contributed by atoms with E-state index in [1.807, 2.05) is 19.9 Å². The lowest BCUT2D eigenvalue weighted by Gasteiger charge is -2.25. The molecule has 8 heteroatoms. The highest BCUT2D eigenvalue weighted by molar-refractivity contribution is 6.30. The summed E-state index contributed by atoms with van der Waals surface area (Å²) in [5.41, 5.74) is -0.533. The van der Waals surface area contributed by atoms with E-state index in [9.17, 15) is 23.2 Å². The van der Waals surface area contributed by atoms with Gasteiger partial charge in [-0.3, -0.25) is 4.79 Å². The maximum Gasteiger partial charge on any atom is 0.416 e. The van der Waals surface area contributed by atoms with Gasteiger partial charge in [-0.05, 0) is 48.4 Å². The summed E-state index contributed by atoms with van der Waals surface area (Å²) in [6.07, 6.45) is -5.19. The van der Waals surface area contributed by atoms with Crippen molar-refractivity contribution < 1.29 is 22.7 Å². The number of allylic oxidation sites excluding steroid dienone is 1. The number of rotatable bonds is 3. The van der Waals surface area contributed by atoms with Gasteiger partial charge in [0.05, 0.1) is 24.0 Å². The molecule has 1 fully saturated rings. The Morgan fingerprint density at radius 1 is 1.16 bits per heavy atom. The molecule has 2 aromatic rings. The third kappa shape index (κ3) is 5.87. The molecular formula is C23H22ClF3N2O2. The minimum Gasteiger partial charge on any atom is -0.383 e. The Kier molecular flexibility index (Phi) is 8.26. The molecule has 0 spiro atoms. The van der Waals surface area contributed by atoms with Crippen molar-refractivity contribution in [2.24, 2.45) is 0 Å². The van der Waals surface area contributed by atoms with Crippen LogP contribution in [0, 0.1) is 11.3 Å². The predicted molar refractivity (Wildman–Crippen MR) is 114 cm³/mol. The predicted octanol–water partition coefficient (Wildman–Crippen LogP) is 6.02. The van der Waals surface area contributed by atoms with Crippen LogP contribution < -0.4 is 5.32 Å². The first-order valence-electron chi connectivity index (χ1n) is 9.73. The normalized spacial score (nSPS) is 17.5. The Labute approximate surface area is 184 Å². The fourth-order valence-electron chi connectivity index (χ4n) is 3.05. The summed E-state index contributed by atoms with van der Waals surface area (Å²) in [6, 6.07) is 11.1. The highest BCUT2D eigenvalue weighted by atomic mass is 35.5. The Morgan fingerprint density at radius 3 is 2.35 bits per heavy atom. The Balaban J connectivity index is 0.00000166. The summed E-state index contributed by atoms with van der Waals surface area (Å²) in [7, 11) is 0. The number of carbonyl (C=O) groups excluding carboxylic acids is 1. The van der Waals surface area contributed by atoms with Crippen LogP contribution >= 0.6 is 11.6 Å². The van der Waals surface area contributed by atoms with Crippen LogP contribution in [0.2, 0.25) is 5.02 Å². The first-order chi connectivity index (χ1) is 14.7. The van der Waals surface area contributed by atoms with Gasteiger partial charge in [0.25, 0.3) is 0 Å². The molecule has 2 aromatic carbocycles. The van der Waals surface area contributed by atoms with Crippen LogP contribution in [0.1, 0.15) is 36.7 Å². The lowest BCUT2D eigenvalue weighted by atomic mass is 9.94. The fourth-order valence-corrected chi connectivity index (χ4v) is 3.18. The molecule has 3 rings (SSSR count). The van der Waals surface area contributed by atoms with Crippen molar-refractivity contribution in [2.45, 2.75) is 33.1 Å². The third-order valence-corrected chi connectivity index (χ3v) is 4.75. The maximum atomic E-state index is 13.4. The van der Waals surface area contributed by atoms with Crippen molar-refractivity contribution in [3.8, 4) is 17.2 Å². The molecule has 1 aliphatic heterocycles. The van der Waals surface area contributed by atoms with E-state index in [4.69, 9.17) is 16.3 Å². The van der Waals surface area contributed by atoms with Crippen molar-refractivity contribution in [1.29, 1.82) is 5.26 Å². The number of hydrogen-bond donors (Lipinski definition) is 1. The summed E-state index contributed by atoms with van der Waals surface area (Å²) in [5.74, 6) is -0.798. The monoisotopic (exact) mass is 450 g/mol. The van der Waals surface area contributed by atoms with E-state index in [2.05, 4.69) is 5.32 Å². The molecule has 1 heterocycles. The summed E-state index contributed by atoms with van der Waals surface area (Å²) >= 11 is 5.85. The summed E-state index contributed by atoms with van der Waals surface area (Å²) in [4.78, 5) is 13.0. The standard InChI is InChI=1S/C21H16ClF3N2O2.C2H6/c1-12-19(27-6-7-29-12)18(11-26)20(28)15-8-14(9-16(10-15)21(23,24)25)13-2-4-17(22)5-3-13;1-2/h2-5,8-10,12,27H,6-7H2,1H3;1-2H3/b19-18-;. The molecule has 4 nitrogen and oxygen atoms in total. The molecule has 0 amide bonds. The average molecular weight is 451 g/mol. The third-order valence-electron chi connectivity index (χ3n) is 4.50. The van der Waals surface area contributed by atoms with Crippen LogP contribution in [-0.4, -0.2) is 25.0 Å². The molecule has 31 heavy (non-hydrogen) atoms. The first-order valence-corrected chi connectivity index (χ1v) is 10.1. The highest BCUT2D eigenvalue weighted by Gasteiger charge is 2.33. The number of morpholine rings is 1. The smallest absolute Gasteiger partial charge is 0.383 e. The van der Waals surface area contributed by atoms with E-state index in [-0.39, 0.29) is 22.4 Å². The van der Waals surface area contributed by atoms with E-state index in [0.717, 1.165) is 12.1 Å². The number of nitrogens with zero attached hydrogens (tertiary/aromatic N) is 1. The van der Waals surface area contributed by atoms with Crippen molar-refractivity contribution in [3.05, 3.63) is 69.9 Å². The van der Waals surface area contributed by atoms with Crippen molar-refractivity contribution in [3.63, 3.8) is 0 Å². The zero-order valence-corrected chi connectivity index (χ0v) is 18.1. The van der Waals surface area contributed by atoms with Gasteiger partial charge in [0.1, 0.15) is 11.6 Å². The van der Waals surface area contributed by atoms with Crippen LogP contribution in [0.4, 0.5) is 13.2 Å². The van der Waals surface area contributed by atoms with Gasteiger partial charge >= 0.3 is 6.18 Å². The van der Waals surface area contributed by atoms with Crippen LogP contribution in [0.25, 0.3) is 11.1 Å². The van der Waals surface area contributed by atoms with Gasteiger partial charge < -0.3 is 10.1 Å². The number of nitriles is 1. The molecule has 164 valence electrons. The zero-order chi connectivity index (χ0) is 23.2. The van der Waals surface area contributed by atoms with Gasteiger partial charge in [-0.1, -0.05) is 37.6 Å². The number of carbonyl (C=O) groups is 1. The minimum atomic E-state index is -4.66. The van der Waals surface area contributed by atoms with Crippen molar-refractivity contribution in [2.75, 3.05) is 13.2 Å². The van der Waals surface area contributed by atoms with Gasteiger partial charge in [-0.2, -0.15) is 18.4 Å². The average Bonchev–Trinajstić information content (AvgIpc) is 2.76. The van der Waals surface area contributed by atoms with Crippen LogP contribution in [0.3, 0.4) is 0 Å². The lowest BCUT2D eigenvalue weighted by molar-refractivity contribution is -0.137. The first kappa shape index (κ1) is 24.4. The van der Waals surface area contributed by atoms with Crippen molar-refractivity contribution in [1.82, 2.24) is 5.32 Å². The fraction of sp³-hybridized carbons (Fsp3) is 0.304. The quantitative estimate of drug-likeness (QED) is 0.353. The van der Waals surface area contributed by atoms with E-state index in [1.54, 1.807) is 31.2 Å². The van der Waals surface area contributed by atoms with Crippen LogP contribution in [0.5, 0.6) is 0 Å². The molecule has 1 N–H and O–H groups in total. The van der Waals surface area contributed by atoms with Gasteiger partial charge in [0.2, 0.25) is 5.78 Å². The van der Waals surface area contributed by atoms with Crippen LogP contribution in [0.15, 0.2) is 53.7 Å². The number of alkyl halides is 3. The zero-order valence-electron chi connectivity index (χ0n) is 17.3. The molecule has 1 unspecified atom stereocenters. The number of ether oxygens (including phenoxy) is 1. The van der Waals surface area contributed by atoms with E-state index >= 15 is 0 Å². The molecule has 0 bridgehead atoms. The highest BCUT2D eigenvalue weighted by Crippen LogP contribution is 2.34. The SMILES string of the molecule is CC.CC1OCCN/C1=C(/C#N)C(=O)c1cc(-c2ccc(Cl)cc2)cc(C(F)(F)F)c1. The number of nitrogens with one attached hydrogen (secondary N) is 1. The van der Waals surface area contributed by atoms with E-state index in [1.165, 1.54) is 6.07 Å². The van der Waals surface area contributed by atoms with Gasteiger partial charge in [-0.15, -0.1) is 0 Å². The number of Topliss-reactive ketones (excluding diaryl/α,β-unsaturated/α-hetero) is 1. The molecule has 0 aromatic heterocycles. The second-order valence-electron chi connectivity index (χ2n) is 6.47. The molecule has 0 saturated carbocycles. The van der Waals surface area contributed by atoms with Gasteiger partial charge in [0, 0.05) is 17.1 Å². The second-order valence-corrected chi connectivity index (χ2v) is 6.91. The second kappa shape index (κ2) is 10.5. The Bertz CT molecular complexity index is 1010. The Morgan fingerprint density at radius 2 is 1.81 bits per heavy atom. The largest absolute Gasteiger partial charge is 0.416 e. The lowest BCUT2D eigenvalue weighted by Crippen LogP contribution is -2.36. The molecule has 1 atom stereocenters. The minimum absolute atomic E-state index is 0.197.